The number of aliphatic hydroxyl groups excluding tert-OH is 2. The molecule has 6 heteroatoms. The maximum Gasteiger partial charge on any atom is 0.224 e. The number of aryl methyl sites for hydroxylation is 1. The molecule has 0 saturated heterocycles. The van der Waals surface area contributed by atoms with E-state index in [1.54, 1.807) is 25.2 Å². The highest BCUT2D eigenvalue weighted by Gasteiger charge is 2.26. The molecule has 0 radical (unpaired) electrons. The van der Waals surface area contributed by atoms with Crippen LogP contribution in [0.2, 0.25) is 0 Å². The molecule has 2 aromatic rings. The normalized spacial score (nSPS) is 11.8. The largest absolute Gasteiger partial charge is 0.396 e. The van der Waals surface area contributed by atoms with Gasteiger partial charge in [0.05, 0.1) is 30.6 Å². The van der Waals surface area contributed by atoms with E-state index < -0.39 is 5.41 Å². The Morgan fingerprint density at radius 1 is 1.32 bits per heavy atom. The Hall–Kier alpha value is -1.92. The van der Waals surface area contributed by atoms with Crippen molar-refractivity contribution in [2.75, 3.05) is 26.8 Å². The molecule has 22 heavy (non-hydrogen) atoms. The van der Waals surface area contributed by atoms with E-state index in [2.05, 4.69) is 4.98 Å². The molecule has 6 nitrogen and oxygen atoms in total. The molecule has 0 unspecified atom stereocenters. The Balaban J connectivity index is 1.95. The minimum absolute atomic E-state index is 0.0223. The van der Waals surface area contributed by atoms with Crippen LogP contribution in [0.3, 0.4) is 0 Å². The number of rotatable bonds is 7. The molecule has 1 aromatic carbocycles. The molecule has 0 bridgehead atoms. The van der Waals surface area contributed by atoms with Crippen molar-refractivity contribution in [3.63, 3.8) is 0 Å². The lowest BCUT2D eigenvalue weighted by molar-refractivity contribution is -0.132. The van der Waals surface area contributed by atoms with Crippen LogP contribution < -0.4 is 0 Å². The van der Waals surface area contributed by atoms with Crippen LogP contribution in [0.25, 0.3) is 11.0 Å². The number of hydrogen-bond donors (Lipinski definition) is 2. The van der Waals surface area contributed by atoms with E-state index in [1.165, 1.54) is 0 Å². The van der Waals surface area contributed by atoms with Gasteiger partial charge in [-0.3, -0.25) is 4.79 Å². The molecule has 120 valence electrons. The van der Waals surface area contributed by atoms with Gasteiger partial charge in [-0.1, -0.05) is 19.1 Å². The zero-order chi connectivity index (χ0) is 16.2. The number of aliphatic hydroxyl groups is 2. The lowest BCUT2D eigenvalue weighted by Crippen LogP contribution is -2.41. The minimum atomic E-state index is -0.674. The predicted molar refractivity (Wildman–Crippen MR) is 84.3 cm³/mol. The van der Waals surface area contributed by atoms with Crippen LogP contribution in [0.1, 0.15) is 13.3 Å². The van der Waals surface area contributed by atoms with Crippen molar-refractivity contribution < 1.29 is 15.0 Å². The van der Waals surface area contributed by atoms with E-state index in [0.29, 0.717) is 19.5 Å². The van der Waals surface area contributed by atoms with Crippen molar-refractivity contribution in [3.05, 3.63) is 30.6 Å². The highest BCUT2D eigenvalue weighted by atomic mass is 16.3. The molecule has 2 rings (SSSR count). The number of imidazole rings is 1. The zero-order valence-corrected chi connectivity index (χ0v) is 13.1. The van der Waals surface area contributed by atoms with Gasteiger partial charge in [-0.2, -0.15) is 0 Å². The van der Waals surface area contributed by atoms with Crippen LogP contribution in [-0.2, 0) is 11.3 Å². The SMILES string of the molecule is CN(CC(C)(CO)CO)C(=O)CCn1cnc2ccccc21. The van der Waals surface area contributed by atoms with Gasteiger partial charge in [-0.25, -0.2) is 4.98 Å². The Kier molecular flexibility index (Phi) is 5.15. The van der Waals surface area contributed by atoms with Gasteiger partial charge in [0.15, 0.2) is 0 Å². The molecule has 2 N–H and O–H groups in total. The van der Waals surface area contributed by atoms with E-state index >= 15 is 0 Å². The van der Waals surface area contributed by atoms with Gasteiger partial charge in [-0.05, 0) is 12.1 Å². The number of hydrogen-bond acceptors (Lipinski definition) is 4. The molecule has 1 heterocycles. The summed E-state index contributed by atoms with van der Waals surface area (Å²) in [6.07, 6.45) is 2.09. The Labute approximate surface area is 130 Å². The molecule has 0 aliphatic rings. The molecule has 0 aliphatic carbocycles. The summed E-state index contributed by atoms with van der Waals surface area (Å²) in [6.45, 7) is 2.31. The average Bonchev–Trinajstić information content (AvgIpc) is 2.95. The fraction of sp³-hybridized carbons (Fsp3) is 0.500. The predicted octanol–water partition coefficient (Wildman–Crippen LogP) is 0.876. The topological polar surface area (TPSA) is 78.6 Å². The van der Waals surface area contributed by atoms with Gasteiger partial charge in [-0.15, -0.1) is 0 Å². The summed E-state index contributed by atoms with van der Waals surface area (Å²) in [5.41, 5.74) is 1.25. The van der Waals surface area contributed by atoms with Gasteiger partial charge in [0.2, 0.25) is 5.91 Å². The Bertz CT molecular complexity index is 634. The molecule has 0 saturated carbocycles. The second-order valence-electron chi connectivity index (χ2n) is 6.05. The highest BCUT2D eigenvalue weighted by Crippen LogP contribution is 2.17. The molecular formula is C16H23N3O3. The van der Waals surface area contributed by atoms with Crippen LogP contribution in [0.5, 0.6) is 0 Å². The molecule has 0 aliphatic heterocycles. The quantitative estimate of drug-likeness (QED) is 0.796. The summed E-state index contributed by atoms with van der Waals surface area (Å²) < 4.78 is 1.96. The lowest BCUT2D eigenvalue weighted by atomic mass is 9.92. The fourth-order valence-corrected chi connectivity index (χ4v) is 2.41. The van der Waals surface area contributed by atoms with Crippen molar-refractivity contribution in [1.29, 1.82) is 0 Å². The summed E-state index contributed by atoms with van der Waals surface area (Å²) >= 11 is 0. The number of benzene rings is 1. The van der Waals surface area contributed by atoms with Crippen molar-refractivity contribution in [1.82, 2.24) is 14.5 Å². The molecule has 0 fully saturated rings. The second-order valence-corrected chi connectivity index (χ2v) is 6.05. The van der Waals surface area contributed by atoms with Gasteiger partial charge in [0.25, 0.3) is 0 Å². The van der Waals surface area contributed by atoms with E-state index in [4.69, 9.17) is 0 Å². The van der Waals surface area contributed by atoms with Crippen LogP contribution in [0.15, 0.2) is 30.6 Å². The smallest absolute Gasteiger partial charge is 0.224 e. The van der Waals surface area contributed by atoms with Crippen LogP contribution in [0.4, 0.5) is 0 Å². The maximum atomic E-state index is 12.2. The number of aromatic nitrogens is 2. The molecule has 0 atom stereocenters. The lowest BCUT2D eigenvalue weighted by Gasteiger charge is -2.30. The maximum absolute atomic E-state index is 12.2. The summed E-state index contributed by atoms with van der Waals surface area (Å²) in [7, 11) is 1.69. The van der Waals surface area contributed by atoms with Gasteiger partial charge >= 0.3 is 0 Å². The highest BCUT2D eigenvalue weighted by molar-refractivity contribution is 5.77. The molecule has 1 amide bonds. The first-order valence-electron chi connectivity index (χ1n) is 7.35. The van der Waals surface area contributed by atoms with Gasteiger partial charge in [0.1, 0.15) is 0 Å². The third-order valence-electron chi connectivity index (χ3n) is 3.90. The first-order chi connectivity index (χ1) is 10.5. The van der Waals surface area contributed by atoms with Crippen molar-refractivity contribution >= 4 is 16.9 Å². The summed E-state index contributed by atoms with van der Waals surface area (Å²) in [4.78, 5) is 18.1. The van der Waals surface area contributed by atoms with Crippen molar-refractivity contribution in [3.8, 4) is 0 Å². The van der Waals surface area contributed by atoms with Crippen LogP contribution in [-0.4, -0.2) is 57.4 Å². The van der Waals surface area contributed by atoms with Crippen molar-refractivity contribution in [2.24, 2.45) is 5.41 Å². The molecule has 0 spiro atoms. The van der Waals surface area contributed by atoms with E-state index in [9.17, 15) is 15.0 Å². The van der Waals surface area contributed by atoms with E-state index in [1.807, 2.05) is 28.8 Å². The number of carbonyl (C=O) groups excluding carboxylic acids is 1. The second kappa shape index (κ2) is 6.89. The van der Waals surface area contributed by atoms with Gasteiger partial charge < -0.3 is 19.7 Å². The third kappa shape index (κ3) is 3.64. The van der Waals surface area contributed by atoms with Crippen LogP contribution in [0, 0.1) is 5.41 Å². The number of carbonyl (C=O) groups is 1. The number of amides is 1. The Morgan fingerprint density at radius 2 is 2.00 bits per heavy atom. The molecular weight excluding hydrogens is 282 g/mol. The monoisotopic (exact) mass is 305 g/mol. The first-order valence-corrected chi connectivity index (χ1v) is 7.35. The molecule has 1 aromatic heterocycles. The van der Waals surface area contributed by atoms with E-state index in [-0.39, 0.29) is 19.1 Å². The summed E-state index contributed by atoms with van der Waals surface area (Å²) in [6, 6.07) is 7.80. The van der Waals surface area contributed by atoms with Crippen LogP contribution >= 0.6 is 0 Å². The fourth-order valence-electron chi connectivity index (χ4n) is 2.41. The summed E-state index contributed by atoms with van der Waals surface area (Å²) in [5, 5.41) is 18.6. The average molecular weight is 305 g/mol. The minimum Gasteiger partial charge on any atom is -0.396 e. The zero-order valence-electron chi connectivity index (χ0n) is 13.1. The first kappa shape index (κ1) is 16.5. The Morgan fingerprint density at radius 3 is 2.68 bits per heavy atom. The van der Waals surface area contributed by atoms with E-state index in [0.717, 1.165) is 11.0 Å². The van der Waals surface area contributed by atoms with Crippen molar-refractivity contribution in [2.45, 2.75) is 19.9 Å². The number of para-hydroxylation sites is 2. The number of nitrogens with zero attached hydrogens (tertiary/aromatic N) is 3. The summed E-state index contributed by atoms with van der Waals surface area (Å²) in [5.74, 6) is -0.0223. The van der Waals surface area contributed by atoms with Gasteiger partial charge in [0, 0.05) is 32.0 Å². The third-order valence-corrected chi connectivity index (χ3v) is 3.90. The standard InChI is InChI=1S/C16H23N3O3/c1-16(10-20,11-21)9-18(2)15(22)7-8-19-12-17-13-5-3-4-6-14(13)19/h3-6,12,20-21H,7-11H2,1-2H3. The number of fused-ring (bicyclic) bond motifs is 1.